The molecular formula is C29H37IN2. The molecule has 0 N–H and O–H groups in total. The van der Waals surface area contributed by atoms with E-state index in [-0.39, 0.29) is 34.8 Å². The molecule has 0 unspecified atom stereocenters. The van der Waals surface area contributed by atoms with Crippen molar-refractivity contribution in [3.63, 3.8) is 0 Å². The molecule has 3 heteroatoms. The summed E-state index contributed by atoms with van der Waals surface area (Å²) in [6.45, 7) is 16.0. The molecule has 0 saturated heterocycles. The van der Waals surface area contributed by atoms with Crippen molar-refractivity contribution in [2.45, 2.75) is 65.2 Å². The first-order valence-corrected chi connectivity index (χ1v) is 11.8. The number of fused-ring (bicyclic) bond motifs is 2. The van der Waals surface area contributed by atoms with Gasteiger partial charge in [0.25, 0.3) is 0 Å². The van der Waals surface area contributed by atoms with Gasteiger partial charge in [-0.05, 0) is 38.0 Å². The van der Waals surface area contributed by atoms with Crippen LogP contribution in [-0.4, -0.2) is 23.4 Å². The summed E-state index contributed by atoms with van der Waals surface area (Å²) in [7, 11) is 0. The second-order valence-electron chi connectivity index (χ2n) is 9.88. The van der Waals surface area contributed by atoms with E-state index >= 15 is 0 Å². The maximum atomic E-state index is 2.52. The zero-order chi connectivity index (χ0) is 22.2. The predicted octanol–water partition coefficient (Wildman–Crippen LogP) is 4.12. The number of anilines is 1. The first kappa shape index (κ1) is 24.8. The first-order valence-electron chi connectivity index (χ1n) is 11.8. The lowest BCUT2D eigenvalue weighted by molar-refractivity contribution is -0.437. The zero-order valence-corrected chi connectivity index (χ0v) is 22.6. The summed E-state index contributed by atoms with van der Waals surface area (Å²) < 4.78 is 2.52. The Morgan fingerprint density at radius 2 is 1.50 bits per heavy atom. The van der Waals surface area contributed by atoms with Crippen molar-refractivity contribution in [2.24, 2.45) is 0 Å². The highest BCUT2D eigenvalue weighted by atomic mass is 127. The van der Waals surface area contributed by atoms with Crippen LogP contribution in [0.4, 0.5) is 11.4 Å². The topological polar surface area (TPSA) is 6.25 Å². The zero-order valence-electron chi connectivity index (χ0n) is 20.5. The Morgan fingerprint density at radius 1 is 0.844 bits per heavy atom. The van der Waals surface area contributed by atoms with Crippen molar-refractivity contribution >= 4 is 17.1 Å². The van der Waals surface area contributed by atoms with E-state index < -0.39 is 0 Å². The van der Waals surface area contributed by atoms with E-state index in [1.54, 1.807) is 0 Å². The van der Waals surface area contributed by atoms with Crippen molar-refractivity contribution in [2.75, 3.05) is 18.0 Å². The molecule has 2 heterocycles. The molecule has 2 aromatic carbocycles. The lowest BCUT2D eigenvalue weighted by Crippen LogP contribution is -3.00. The van der Waals surface area contributed by atoms with Crippen LogP contribution in [0.1, 0.15) is 65.5 Å². The Balaban J connectivity index is 0.00000289. The molecule has 0 aliphatic carbocycles. The third-order valence-electron chi connectivity index (χ3n) is 7.00. The molecule has 2 aliphatic heterocycles. The fraction of sp³-hybridized carbons (Fsp3) is 0.414. The standard InChI is InChI=1S/C29H37N2.HI/c1-7-20-30-24-16-11-9-14-22(24)28(3,4)26(30)18-13-19-27-29(5,6)23-15-10-12-17-25(23)31(27)21-8-2;/h9-19H,7-8,20-21H2,1-6H3;1H/q+1;/p-1. The summed E-state index contributed by atoms with van der Waals surface area (Å²) in [6, 6.07) is 17.8. The summed E-state index contributed by atoms with van der Waals surface area (Å²) in [5.41, 5.74) is 8.39. The Kier molecular flexibility index (Phi) is 7.38. The van der Waals surface area contributed by atoms with Gasteiger partial charge in [0.05, 0.1) is 5.41 Å². The summed E-state index contributed by atoms with van der Waals surface area (Å²) in [4.78, 5) is 2.52. The molecule has 32 heavy (non-hydrogen) atoms. The van der Waals surface area contributed by atoms with E-state index in [1.165, 1.54) is 33.9 Å². The number of para-hydroxylation sites is 2. The van der Waals surface area contributed by atoms with Gasteiger partial charge in [0.2, 0.25) is 5.69 Å². The van der Waals surface area contributed by atoms with E-state index in [4.69, 9.17) is 0 Å². The van der Waals surface area contributed by atoms with Crippen molar-refractivity contribution in [1.29, 1.82) is 0 Å². The molecule has 0 bridgehead atoms. The number of nitrogens with zero attached hydrogens (tertiary/aromatic N) is 2. The van der Waals surface area contributed by atoms with Crippen molar-refractivity contribution in [1.82, 2.24) is 0 Å². The smallest absolute Gasteiger partial charge is 0.209 e. The van der Waals surface area contributed by atoms with Crippen LogP contribution in [0.3, 0.4) is 0 Å². The second-order valence-corrected chi connectivity index (χ2v) is 9.88. The van der Waals surface area contributed by atoms with Gasteiger partial charge < -0.3 is 28.9 Å². The highest BCUT2D eigenvalue weighted by molar-refractivity contribution is 6.03. The molecule has 0 radical (unpaired) electrons. The lowest BCUT2D eigenvalue weighted by atomic mass is 9.81. The monoisotopic (exact) mass is 540 g/mol. The Bertz CT molecular complexity index is 1070. The molecule has 0 amide bonds. The van der Waals surface area contributed by atoms with Crippen LogP contribution < -0.4 is 28.9 Å². The highest BCUT2D eigenvalue weighted by Gasteiger charge is 2.44. The molecule has 2 aliphatic rings. The van der Waals surface area contributed by atoms with Crippen molar-refractivity contribution < 1.29 is 28.6 Å². The minimum atomic E-state index is 0. The normalized spacial score (nSPS) is 19.4. The van der Waals surface area contributed by atoms with E-state index in [0.717, 1.165) is 25.9 Å². The molecule has 2 aromatic rings. The predicted molar refractivity (Wildman–Crippen MR) is 134 cm³/mol. The number of hydrogen-bond donors (Lipinski definition) is 0. The minimum Gasteiger partial charge on any atom is -1.00 e. The molecule has 0 spiro atoms. The van der Waals surface area contributed by atoms with Crippen LogP contribution in [0.15, 0.2) is 72.5 Å². The molecule has 0 aromatic heterocycles. The van der Waals surface area contributed by atoms with Gasteiger partial charge in [-0.2, -0.15) is 4.58 Å². The Labute approximate surface area is 211 Å². The van der Waals surface area contributed by atoms with Gasteiger partial charge in [0.1, 0.15) is 6.54 Å². The van der Waals surface area contributed by atoms with Gasteiger partial charge in [-0.1, -0.05) is 70.2 Å². The third-order valence-corrected chi connectivity index (χ3v) is 7.00. The summed E-state index contributed by atoms with van der Waals surface area (Å²) >= 11 is 0. The van der Waals surface area contributed by atoms with Gasteiger partial charge in [0.15, 0.2) is 5.71 Å². The fourth-order valence-corrected chi connectivity index (χ4v) is 5.44. The Morgan fingerprint density at radius 3 is 2.19 bits per heavy atom. The van der Waals surface area contributed by atoms with E-state index in [9.17, 15) is 0 Å². The molecule has 170 valence electrons. The average molecular weight is 541 g/mol. The molecule has 0 fully saturated rings. The fourth-order valence-electron chi connectivity index (χ4n) is 5.44. The number of allylic oxidation sites excluding steroid dienone is 4. The average Bonchev–Trinajstić information content (AvgIpc) is 3.10. The summed E-state index contributed by atoms with van der Waals surface area (Å²) in [6.07, 6.45) is 9.26. The van der Waals surface area contributed by atoms with E-state index in [1.807, 2.05) is 0 Å². The Hall–Kier alpha value is -1.88. The van der Waals surface area contributed by atoms with Gasteiger partial charge in [-0.25, -0.2) is 0 Å². The molecule has 4 rings (SSSR count). The largest absolute Gasteiger partial charge is 1.00 e. The maximum absolute atomic E-state index is 2.52. The van der Waals surface area contributed by atoms with E-state index in [0.29, 0.717) is 0 Å². The summed E-state index contributed by atoms with van der Waals surface area (Å²) in [5, 5.41) is 0. The highest BCUT2D eigenvalue weighted by Crippen LogP contribution is 2.47. The molecule has 0 saturated carbocycles. The van der Waals surface area contributed by atoms with Crippen LogP contribution >= 0.6 is 0 Å². The first-order chi connectivity index (χ1) is 14.8. The van der Waals surface area contributed by atoms with Crippen LogP contribution in [0.2, 0.25) is 0 Å². The molecular weight excluding hydrogens is 503 g/mol. The van der Waals surface area contributed by atoms with E-state index in [2.05, 4.69) is 118 Å². The molecule has 2 nitrogen and oxygen atoms in total. The number of halogens is 1. The molecule has 0 atom stereocenters. The quantitative estimate of drug-likeness (QED) is 0.395. The van der Waals surface area contributed by atoms with Crippen molar-refractivity contribution in [3.05, 3.63) is 83.6 Å². The minimum absolute atomic E-state index is 0. The van der Waals surface area contributed by atoms with Gasteiger partial charge in [0, 0.05) is 47.5 Å². The van der Waals surface area contributed by atoms with Gasteiger partial charge >= 0.3 is 0 Å². The van der Waals surface area contributed by atoms with Gasteiger partial charge in [-0.3, -0.25) is 0 Å². The van der Waals surface area contributed by atoms with Crippen molar-refractivity contribution in [3.8, 4) is 0 Å². The van der Waals surface area contributed by atoms with Crippen LogP contribution in [0.5, 0.6) is 0 Å². The number of rotatable bonds is 6. The van der Waals surface area contributed by atoms with Crippen LogP contribution in [0, 0.1) is 0 Å². The SMILES string of the molecule is CCCN1/C(=C/C=C/C2=[N+](CCC)c3ccccc3C2(C)C)C(C)(C)c2ccccc21.[I-]. The number of benzene rings is 2. The van der Waals surface area contributed by atoms with Crippen LogP contribution in [-0.2, 0) is 10.8 Å². The van der Waals surface area contributed by atoms with Gasteiger partial charge in [-0.15, -0.1) is 0 Å². The van der Waals surface area contributed by atoms with Crippen LogP contribution in [0.25, 0.3) is 0 Å². The maximum Gasteiger partial charge on any atom is 0.209 e. The lowest BCUT2D eigenvalue weighted by Gasteiger charge is -2.26. The number of hydrogen-bond acceptors (Lipinski definition) is 1. The second kappa shape index (κ2) is 9.54. The summed E-state index contributed by atoms with van der Waals surface area (Å²) in [5.74, 6) is 0. The third kappa shape index (κ3) is 3.98.